The zero-order valence-corrected chi connectivity index (χ0v) is 11.3. The lowest BCUT2D eigenvalue weighted by atomic mass is 9.89. The highest BCUT2D eigenvalue weighted by atomic mass is 16.1. The van der Waals surface area contributed by atoms with Gasteiger partial charge in [0, 0.05) is 12.6 Å². The minimum Gasteiger partial charge on any atom is -0.299 e. The molecular weight excluding hydrogens is 222 g/mol. The minimum absolute atomic E-state index is 0.0468. The van der Waals surface area contributed by atoms with E-state index in [1.165, 1.54) is 38.5 Å². The topological polar surface area (TPSA) is 30.0 Å². The summed E-state index contributed by atoms with van der Waals surface area (Å²) >= 11 is 0. The molecule has 1 unspecified atom stereocenters. The maximum absolute atomic E-state index is 12.3. The predicted octanol–water partition coefficient (Wildman–Crippen LogP) is 4.11. The van der Waals surface area contributed by atoms with Gasteiger partial charge in [0.05, 0.1) is 11.6 Å². The van der Waals surface area contributed by atoms with Gasteiger partial charge >= 0.3 is 0 Å². The van der Waals surface area contributed by atoms with Gasteiger partial charge in [0.15, 0.2) is 0 Å². The number of carbonyl (C=O) groups is 1. The van der Waals surface area contributed by atoms with Crippen LogP contribution in [0.15, 0.2) is 24.4 Å². The summed E-state index contributed by atoms with van der Waals surface area (Å²) in [6.07, 6.45) is 10.3. The summed E-state index contributed by atoms with van der Waals surface area (Å²) < 4.78 is 0. The van der Waals surface area contributed by atoms with E-state index in [0.717, 1.165) is 12.1 Å². The van der Waals surface area contributed by atoms with Crippen LogP contribution in [0.5, 0.6) is 0 Å². The summed E-state index contributed by atoms with van der Waals surface area (Å²) in [4.78, 5) is 16.6. The van der Waals surface area contributed by atoms with Gasteiger partial charge in [0.25, 0.3) is 0 Å². The van der Waals surface area contributed by atoms with Gasteiger partial charge in [-0.3, -0.25) is 9.78 Å². The Morgan fingerprint density at radius 2 is 2.00 bits per heavy atom. The normalized spacial score (nSPS) is 19.2. The van der Waals surface area contributed by atoms with Crippen molar-refractivity contribution in [2.45, 2.75) is 57.8 Å². The Kier molecular flexibility index (Phi) is 4.91. The zero-order chi connectivity index (χ0) is 12.8. The number of nitrogens with zero attached hydrogens (tertiary/aromatic N) is 1. The predicted molar refractivity (Wildman–Crippen MR) is 73.5 cm³/mol. The minimum atomic E-state index is -0.0468. The number of carbonyl (C=O) groups excluding carboxylic acids is 1. The molecule has 98 valence electrons. The fourth-order valence-corrected chi connectivity index (χ4v) is 2.83. The molecule has 0 spiro atoms. The summed E-state index contributed by atoms with van der Waals surface area (Å²) in [7, 11) is 0. The first-order valence-electron chi connectivity index (χ1n) is 7.21. The third-order valence-corrected chi connectivity index (χ3v) is 4.08. The van der Waals surface area contributed by atoms with Crippen LogP contribution in [0.25, 0.3) is 0 Å². The van der Waals surface area contributed by atoms with Gasteiger partial charge in [-0.1, -0.05) is 44.6 Å². The Labute approximate surface area is 110 Å². The first-order chi connectivity index (χ1) is 8.77. The molecule has 0 amide bonds. The van der Waals surface area contributed by atoms with Crippen LogP contribution in [-0.4, -0.2) is 10.8 Å². The van der Waals surface area contributed by atoms with Gasteiger partial charge in [0.2, 0.25) is 0 Å². The molecule has 0 radical (unpaired) electrons. The highest BCUT2D eigenvalue weighted by Crippen LogP contribution is 2.28. The third-order valence-electron chi connectivity index (χ3n) is 4.08. The molecule has 0 bridgehead atoms. The number of ketones is 1. The fraction of sp³-hybridized carbons (Fsp3) is 0.625. The van der Waals surface area contributed by atoms with Crippen LogP contribution in [0.2, 0.25) is 0 Å². The Hall–Kier alpha value is -1.18. The summed E-state index contributed by atoms with van der Waals surface area (Å²) in [5.41, 5.74) is 0.913. The first-order valence-corrected chi connectivity index (χ1v) is 7.21. The maximum Gasteiger partial charge on any atom is 0.141 e. The van der Waals surface area contributed by atoms with Crippen LogP contribution in [0.1, 0.15) is 63.5 Å². The number of hydrogen-bond donors (Lipinski definition) is 0. The Morgan fingerprint density at radius 3 is 2.61 bits per heavy atom. The Balaban J connectivity index is 1.90. The molecule has 18 heavy (non-hydrogen) atoms. The van der Waals surface area contributed by atoms with Crippen molar-refractivity contribution in [3.8, 4) is 0 Å². The number of rotatable bonds is 4. The van der Waals surface area contributed by atoms with Crippen LogP contribution in [0.3, 0.4) is 0 Å². The van der Waals surface area contributed by atoms with Crippen molar-refractivity contribution in [1.29, 1.82) is 0 Å². The molecular formula is C16H23NO. The molecule has 1 aromatic heterocycles. The van der Waals surface area contributed by atoms with Gasteiger partial charge in [-0.05, 0) is 25.0 Å². The van der Waals surface area contributed by atoms with E-state index in [4.69, 9.17) is 0 Å². The molecule has 1 atom stereocenters. The quantitative estimate of drug-likeness (QED) is 0.747. The summed E-state index contributed by atoms with van der Waals surface area (Å²) in [5, 5.41) is 0. The molecule has 2 rings (SSSR count). The van der Waals surface area contributed by atoms with Crippen molar-refractivity contribution in [3.63, 3.8) is 0 Å². The number of Topliss-reactive ketones (excluding diaryl/α,β-unsaturated/α-hetero) is 1. The van der Waals surface area contributed by atoms with Crippen molar-refractivity contribution in [2.75, 3.05) is 0 Å². The summed E-state index contributed by atoms with van der Waals surface area (Å²) in [5.74, 6) is 0.932. The van der Waals surface area contributed by atoms with Gasteiger partial charge in [-0.15, -0.1) is 0 Å². The van der Waals surface area contributed by atoms with Crippen LogP contribution >= 0.6 is 0 Å². The van der Waals surface area contributed by atoms with Crippen molar-refractivity contribution in [1.82, 2.24) is 4.98 Å². The van der Waals surface area contributed by atoms with Crippen LogP contribution in [-0.2, 0) is 4.79 Å². The van der Waals surface area contributed by atoms with Crippen LogP contribution in [0, 0.1) is 5.92 Å². The van der Waals surface area contributed by atoms with Crippen molar-refractivity contribution in [3.05, 3.63) is 30.1 Å². The van der Waals surface area contributed by atoms with E-state index in [2.05, 4.69) is 4.98 Å². The Morgan fingerprint density at radius 1 is 1.28 bits per heavy atom. The number of aromatic nitrogens is 1. The molecule has 1 heterocycles. The molecule has 0 saturated heterocycles. The van der Waals surface area contributed by atoms with Crippen molar-refractivity contribution >= 4 is 5.78 Å². The molecule has 1 aliphatic carbocycles. The van der Waals surface area contributed by atoms with Crippen molar-refractivity contribution in [2.24, 2.45) is 5.92 Å². The summed E-state index contributed by atoms with van der Waals surface area (Å²) in [6, 6.07) is 5.80. The molecule has 0 aliphatic heterocycles. The number of hydrogen-bond acceptors (Lipinski definition) is 2. The third kappa shape index (κ3) is 3.66. The van der Waals surface area contributed by atoms with Crippen LogP contribution < -0.4 is 0 Å². The molecule has 1 aromatic rings. The first kappa shape index (κ1) is 13.3. The fourth-order valence-electron chi connectivity index (χ4n) is 2.83. The standard InChI is InChI=1S/C16H23NO/c1-13(15-10-6-7-11-17-15)16(18)12-14-8-4-2-3-5-9-14/h6-7,10-11,13-14H,2-5,8-9,12H2,1H3. The van der Waals surface area contributed by atoms with Gasteiger partial charge in [-0.2, -0.15) is 0 Å². The van der Waals surface area contributed by atoms with Gasteiger partial charge < -0.3 is 0 Å². The lowest BCUT2D eigenvalue weighted by Gasteiger charge is -2.16. The van der Waals surface area contributed by atoms with Gasteiger partial charge in [-0.25, -0.2) is 0 Å². The lowest BCUT2D eigenvalue weighted by molar-refractivity contribution is -0.121. The van der Waals surface area contributed by atoms with E-state index in [1.807, 2.05) is 25.1 Å². The molecule has 2 heteroatoms. The molecule has 1 fully saturated rings. The van der Waals surface area contributed by atoms with E-state index in [1.54, 1.807) is 6.20 Å². The van der Waals surface area contributed by atoms with E-state index in [0.29, 0.717) is 11.7 Å². The summed E-state index contributed by atoms with van der Waals surface area (Å²) in [6.45, 7) is 1.99. The lowest BCUT2D eigenvalue weighted by Crippen LogP contribution is -2.15. The van der Waals surface area contributed by atoms with E-state index >= 15 is 0 Å². The molecule has 2 nitrogen and oxygen atoms in total. The highest BCUT2D eigenvalue weighted by molar-refractivity contribution is 5.85. The average molecular weight is 245 g/mol. The SMILES string of the molecule is CC(C(=O)CC1CCCCCC1)c1ccccn1. The second-order valence-corrected chi connectivity index (χ2v) is 5.50. The molecule has 0 aromatic carbocycles. The average Bonchev–Trinajstić information content (AvgIpc) is 2.67. The van der Waals surface area contributed by atoms with Crippen molar-refractivity contribution < 1.29 is 4.79 Å². The highest BCUT2D eigenvalue weighted by Gasteiger charge is 2.21. The molecule has 1 aliphatic rings. The molecule has 0 N–H and O–H groups in total. The van der Waals surface area contributed by atoms with E-state index < -0.39 is 0 Å². The maximum atomic E-state index is 12.3. The van der Waals surface area contributed by atoms with Crippen LogP contribution in [0.4, 0.5) is 0 Å². The van der Waals surface area contributed by atoms with Gasteiger partial charge in [0.1, 0.15) is 5.78 Å². The Bertz CT molecular complexity index is 366. The van der Waals surface area contributed by atoms with E-state index in [9.17, 15) is 4.79 Å². The monoisotopic (exact) mass is 245 g/mol. The molecule has 1 saturated carbocycles. The second-order valence-electron chi connectivity index (χ2n) is 5.50. The number of pyridine rings is 1. The largest absolute Gasteiger partial charge is 0.299 e. The zero-order valence-electron chi connectivity index (χ0n) is 11.3. The van der Waals surface area contributed by atoms with E-state index in [-0.39, 0.29) is 5.92 Å². The second kappa shape index (κ2) is 6.67. The smallest absolute Gasteiger partial charge is 0.141 e.